The van der Waals surface area contributed by atoms with E-state index in [1.54, 1.807) is 0 Å². The van der Waals surface area contributed by atoms with E-state index in [4.69, 9.17) is 0 Å². The highest BCUT2D eigenvalue weighted by Gasteiger charge is 2.47. The summed E-state index contributed by atoms with van der Waals surface area (Å²) in [6, 6.07) is 0. The first-order valence-electron chi connectivity index (χ1n) is 5.85. The van der Waals surface area contributed by atoms with Crippen LogP contribution >= 0.6 is 0 Å². The molecule has 0 aromatic rings. The van der Waals surface area contributed by atoms with Gasteiger partial charge in [-0.15, -0.1) is 0 Å². The first-order valence-corrected chi connectivity index (χ1v) is 5.85. The Morgan fingerprint density at radius 1 is 1.15 bits per heavy atom. The van der Waals surface area contributed by atoms with Gasteiger partial charge in [-0.1, -0.05) is 26.0 Å². The molecule has 2 bridgehead atoms. The fourth-order valence-electron chi connectivity index (χ4n) is 3.68. The van der Waals surface area contributed by atoms with Gasteiger partial charge < -0.3 is 0 Å². The Kier molecular flexibility index (Phi) is 2.49. The summed E-state index contributed by atoms with van der Waals surface area (Å²) in [5.74, 6) is 5.14. The molecule has 13 heavy (non-hydrogen) atoms. The fraction of sp³-hybridized carbons (Fsp3) is 0.846. The minimum atomic E-state index is 0.994. The molecule has 0 aromatic heterocycles. The Hall–Kier alpha value is -0.260. The monoisotopic (exact) mass is 178 g/mol. The van der Waals surface area contributed by atoms with Gasteiger partial charge in [0.1, 0.15) is 0 Å². The number of fused-ring (bicyclic) bond motifs is 2. The lowest BCUT2D eigenvalue weighted by molar-refractivity contribution is 0.191. The van der Waals surface area contributed by atoms with Crippen molar-refractivity contribution < 1.29 is 0 Å². The predicted octanol–water partition coefficient (Wildman–Crippen LogP) is 3.88. The van der Waals surface area contributed by atoms with Gasteiger partial charge in [0.25, 0.3) is 0 Å². The first-order chi connectivity index (χ1) is 6.24. The molecule has 2 aliphatic rings. The SMILES string of the molecule is C/C=C/CC1CC2CC1C(C)C2C. The van der Waals surface area contributed by atoms with Crippen LogP contribution in [0.3, 0.4) is 0 Å². The van der Waals surface area contributed by atoms with Crippen LogP contribution in [0.2, 0.25) is 0 Å². The van der Waals surface area contributed by atoms with E-state index in [9.17, 15) is 0 Å². The van der Waals surface area contributed by atoms with Crippen molar-refractivity contribution >= 4 is 0 Å². The van der Waals surface area contributed by atoms with E-state index in [1.807, 2.05) is 0 Å². The van der Waals surface area contributed by atoms with Gasteiger partial charge in [0, 0.05) is 0 Å². The highest BCUT2D eigenvalue weighted by atomic mass is 14.5. The summed E-state index contributed by atoms with van der Waals surface area (Å²) in [7, 11) is 0. The normalized spacial score (nSPS) is 49.3. The number of hydrogen-bond acceptors (Lipinski definition) is 0. The molecule has 0 N–H and O–H groups in total. The van der Waals surface area contributed by atoms with Crippen LogP contribution < -0.4 is 0 Å². The molecule has 0 saturated heterocycles. The van der Waals surface area contributed by atoms with E-state index in [0.717, 1.165) is 29.6 Å². The van der Waals surface area contributed by atoms with E-state index in [0.29, 0.717) is 0 Å². The van der Waals surface area contributed by atoms with Crippen LogP contribution in [0.5, 0.6) is 0 Å². The lowest BCUT2D eigenvalue weighted by Crippen LogP contribution is -2.23. The standard InChI is InChI=1S/C13H22/c1-4-5-6-11-7-12-8-13(11)10(3)9(12)2/h4-5,9-13H,6-8H2,1-3H3/b5-4+. The summed E-state index contributed by atoms with van der Waals surface area (Å²) < 4.78 is 0. The van der Waals surface area contributed by atoms with Gasteiger partial charge in [0.15, 0.2) is 0 Å². The van der Waals surface area contributed by atoms with Crippen LogP contribution in [-0.2, 0) is 0 Å². The molecular weight excluding hydrogens is 156 g/mol. The average molecular weight is 178 g/mol. The number of allylic oxidation sites excluding steroid dienone is 2. The molecule has 0 aromatic carbocycles. The van der Waals surface area contributed by atoms with Crippen LogP contribution in [0.1, 0.15) is 40.0 Å². The summed E-state index contributed by atoms with van der Waals surface area (Å²) in [5.41, 5.74) is 0. The third kappa shape index (κ3) is 1.45. The quantitative estimate of drug-likeness (QED) is 0.563. The van der Waals surface area contributed by atoms with E-state index >= 15 is 0 Å². The predicted molar refractivity (Wildman–Crippen MR) is 57.5 cm³/mol. The van der Waals surface area contributed by atoms with Gasteiger partial charge in [-0.3, -0.25) is 0 Å². The highest BCUT2D eigenvalue weighted by molar-refractivity contribution is 4.99. The third-order valence-electron chi connectivity index (χ3n) is 4.71. The molecule has 0 heterocycles. The fourth-order valence-corrected chi connectivity index (χ4v) is 3.68. The van der Waals surface area contributed by atoms with E-state index in [-0.39, 0.29) is 0 Å². The van der Waals surface area contributed by atoms with Crippen molar-refractivity contribution in [3.05, 3.63) is 12.2 Å². The molecule has 2 aliphatic carbocycles. The summed E-state index contributed by atoms with van der Waals surface area (Å²) in [6.45, 7) is 7.07. The smallest absolute Gasteiger partial charge is 0.0319 e. The maximum Gasteiger partial charge on any atom is -0.0319 e. The molecule has 2 saturated carbocycles. The molecule has 0 radical (unpaired) electrons. The van der Waals surface area contributed by atoms with Crippen molar-refractivity contribution in [1.82, 2.24) is 0 Å². The minimum absolute atomic E-state index is 0.994. The first kappa shape index (κ1) is 9.30. The lowest BCUT2D eigenvalue weighted by atomic mass is 9.74. The second-order valence-corrected chi connectivity index (χ2v) is 5.18. The molecule has 2 rings (SSSR count). The lowest BCUT2D eigenvalue weighted by Gasteiger charge is -2.31. The van der Waals surface area contributed by atoms with Crippen molar-refractivity contribution in [3.8, 4) is 0 Å². The van der Waals surface area contributed by atoms with Gasteiger partial charge in [0.2, 0.25) is 0 Å². The zero-order chi connectivity index (χ0) is 9.42. The van der Waals surface area contributed by atoms with Gasteiger partial charge in [0.05, 0.1) is 0 Å². The van der Waals surface area contributed by atoms with Crippen molar-refractivity contribution in [1.29, 1.82) is 0 Å². The zero-order valence-corrected chi connectivity index (χ0v) is 9.16. The summed E-state index contributed by atoms with van der Waals surface area (Å²) >= 11 is 0. The topological polar surface area (TPSA) is 0 Å². The zero-order valence-electron chi connectivity index (χ0n) is 9.16. The summed E-state index contributed by atoms with van der Waals surface area (Å²) in [4.78, 5) is 0. The van der Waals surface area contributed by atoms with Gasteiger partial charge in [-0.05, 0) is 55.8 Å². The second kappa shape index (κ2) is 3.48. The Labute approximate surface area is 82.4 Å². The Morgan fingerprint density at radius 2 is 1.92 bits per heavy atom. The van der Waals surface area contributed by atoms with E-state index in [2.05, 4.69) is 32.9 Å². The molecule has 5 atom stereocenters. The van der Waals surface area contributed by atoms with Crippen molar-refractivity contribution in [2.75, 3.05) is 0 Å². The largest absolute Gasteiger partial charge is 0.0917 e. The van der Waals surface area contributed by atoms with Crippen molar-refractivity contribution in [2.45, 2.75) is 40.0 Å². The summed E-state index contributed by atoms with van der Waals surface area (Å²) in [5, 5.41) is 0. The molecule has 74 valence electrons. The third-order valence-corrected chi connectivity index (χ3v) is 4.71. The molecule has 2 fully saturated rings. The number of hydrogen-bond donors (Lipinski definition) is 0. The van der Waals surface area contributed by atoms with Crippen LogP contribution in [0.4, 0.5) is 0 Å². The van der Waals surface area contributed by atoms with Gasteiger partial charge in [-0.2, -0.15) is 0 Å². The number of rotatable bonds is 2. The van der Waals surface area contributed by atoms with E-state index in [1.165, 1.54) is 19.3 Å². The van der Waals surface area contributed by atoms with Gasteiger partial charge >= 0.3 is 0 Å². The second-order valence-electron chi connectivity index (χ2n) is 5.18. The van der Waals surface area contributed by atoms with E-state index < -0.39 is 0 Å². The Bertz CT molecular complexity index is 202. The van der Waals surface area contributed by atoms with Crippen molar-refractivity contribution in [3.63, 3.8) is 0 Å². The van der Waals surface area contributed by atoms with Gasteiger partial charge in [-0.25, -0.2) is 0 Å². The van der Waals surface area contributed by atoms with Crippen molar-refractivity contribution in [2.24, 2.45) is 29.6 Å². The average Bonchev–Trinajstić information content (AvgIpc) is 2.64. The maximum atomic E-state index is 2.47. The Balaban J connectivity index is 1.98. The van der Waals surface area contributed by atoms with Crippen LogP contribution in [-0.4, -0.2) is 0 Å². The maximum absolute atomic E-state index is 2.47. The van der Waals surface area contributed by atoms with Crippen LogP contribution in [0.15, 0.2) is 12.2 Å². The minimum Gasteiger partial charge on any atom is -0.0917 e. The highest BCUT2D eigenvalue weighted by Crippen LogP contribution is 2.55. The van der Waals surface area contributed by atoms with Crippen LogP contribution in [0.25, 0.3) is 0 Å². The molecule has 0 aliphatic heterocycles. The molecule has 5 unspecified atom stereocenters. The van der Waals surface area contributed by atoms with Crippen LogP contribution in [0, 0.1) is 29.6 Å². The molecule has 0 heteroatoms. The molecule has 0 nitrogen and oxygen atoms in total. The molecule has 0 spiro atoms. The summed E-state index contributed by atoms with van der Waals surface area (Å²) in [6.07, 6.45) is 8.96. The Morgan fingerprint density at radius 3 is 2.46 bits per heavy atom. The molecule has 0 amide bonds. The molecular formula is C13H22.